The first-order chi connectivity index (χ1) is 9.17. The lowest BCUT2D eigenvalue weighted by molar-refractivity contribution is 0.294. The second kappa shape index (κ2) is 5.12. The van der Waals surface area contributed by atoms with E-state index in [1.54, 1.807) is 19.2 Å². The van der Waals surface area contributed by atoms with Gasteiger partial charge < -0.3 is 10.5 Å². The number of ether oxygens (including phenoxy) is 1. The van der Waals surface area contributed by atoms with Crippen molar-refractivity contribution in [3.63, 3.8) is 0 Å². The predicted molar refractivity (Wildman–Crippen MR) is 73.4 cm³/mol. The standard InChI is InChI=1S/C16H22FNO/c1-19-13-4-5-14(15(17)9-13)16(18)8-12-7-10-2-3-11(12)6-10/h4-5,9-12,16H,2-3,6-8,18H2,1H3. The lowest BCUT2D eigenvalue weighted by Crippen LogP contribution is -2.20. The lowest BCUT2D eigenvalue weighted by Gasteiger charge is -2.25. The van der Waals surface area contributed by atoms with E-state index in [0.717, 1.165) is 18.3 Å². The Kier molecular flexibility index (Phi) is 3.48. The number of benzene rings is 1. The minimum Gasteiger partial charge on any atom is -0.497 e. The second-order valence-electron chi connectivity index (χ2n) is 6.16. The van der Waals surface area contributed by atoms with Gasteiger partial charge in [-0.3, -0.25) is 0 Å². The van der Waals surface area contributed by atoms with Crippen LogP contribution in [0.5, 0.6) is 5.75 Å². The number of rotatable bonds is 4. The molecule has 2 fully saturated rings. The van der Waals surface area contributed by atoms with Crippen LogP contribution in [0.3, 0.4) is 0 Å². The highest BCUT2D eigenvalue weighted by atomic mass is 19.1. The number of hydrogen-bond acceptors (Lipinski definition) is 2. The Morgan fingerprint density at radius 3 is 2.79 bits per heavy atom. The fourth-order valence-electron chi connectivity index (χ4n) is 4.05. The van der Waals surface area contributed by atoms with Crippen molar-refractivity contribution in [3.8, 4) is 5.75 Å². The van der Waals surface area contributed by atoms with E-state index in [9.17, 15) is 4.39 Å². The Balaban J connectivity index is 1.68. The molecule has 2 aliphatic carbocycles. The zero-order chi connectivity index (χ0) is 13.4. The zero-order valence-electron chi connectivity index (χ0n) is 11.4. The van der Waals surface area contributed by atoms with E-state index in [2.05, 4.69) is 0 Å². The number of halogens is 1. The maximum Gasteiger partial charge on any atom is 0.131 e. The van der Waals surface area contributed by atoms with Gasteiger partial charge in [0.05, 0.1) is 7.11 Å². The average molecular weight is 263 g/mol. The SMILES string of the molecule is COc1ccc(C(N)CC2CC3CCC2C3)c(F)c1. The van der Waals surface area contributed by atoms with Gasteiger partial charge in [0.25, 0.3) is 0 Å². The molecule has 104 valence electrons. The molecule has 2 aliphatic rings. The van der Waals surface area contributed by atoms with E-state index in [1.807, 2.05) is 0 Å². The summed E-state index contributed by atoms with van der Waals surface area (Å²) in [5, 5.41) is 0. The third-order valence-corrected chi connectivity index (χ3v) is 5.05. The molecule has 1 aromatic rings. The van der Waals surface area contributed by atoms with Crippen LogP contribution in [0, 0.1) is 23.6 Å². The van der Waals surface area contributed by atoms with Gasteiger partial charge in [-0.15, -0.1) is 0 Å². The summed E-state index contributed by atoms with van der Waals surface area (Å²) in [6.07, 6.45) is 6.35. The Labute approximate surface area is 114 Å². The number of nitrogens with two attached hydrogens (primary N) is 1. The smallest absolute Gasteiger partial charge is 0.131 e. The quantitative estimate of drug-likeness (QED) is 0.899. The summed E-state index contributed by atoms with van der Waals surface area (Å²) in [6, 6.07) is 4.80. The van der Waals surface area contributed by atoms with Crippen LogP contribution in [0.1, 0.15) is 43.7 Å². The van der Waals surface area contributed by atoms with Crippen molar-refractivity contribution in [3.05, 3.63) is 29.6 Å². The second-order valence-corrected chi connectivity index (χ2v) is 6.16. The fourth-order valence-corrected chi connectivity index (χ4v) is 4.05. The van der Waals surface area contributed by atoms with Gasteiger partial charge in [-0.1, -0.05) is 12.5 Å². The summed E-state index contributed by atoms with van der Waals surface area (Å²) in [5.74, 6) is 2.78. The largest absolute Gasteiger partial charge is 0.497 e. The third kappa shape index (κ3) is 2.48. The summed E-state index contributed by atoms with van der Waals surface area (Å²) >= 11 is 0. The Morgan fingerprint density at radius 1 is 1.37 bits per heavy atom. The predicted octanol–water partition coefficient (Wildman–Crippen LogP) is 3.66. The third-order valence-electron chi connectivity index (χ3n) is 5.05. The molecule has 0 radical (unpaired) electrons. The first kappa shape index (κ1) is 12.9. The molecule has 0 spiro atoms. The molecule has 2 bridgehead atoms. The first-order valence-electron chi connectivity index (χ1n) is 7.26. The van der Waals surface area contributed by atoms with Gasteiger partial charge in [0.15, 0.2) is 0 Å². The normalized spacial score (nSPS) is 30.6. The monoisotopic (exact) mass is 263 g/mol. The molecule has 19 heavy (non-hydrogen) atoms. The van der Waals surface area contributed by atoms with Crippen LogP contribution >= 0.6 is 0 Å². The molecule has 2 N–H and O–H groups in total. The topological polar surface area (TPSA) is 35.2 Å². The van der Waals surface area contributed by atoms with Crippen molar-refractivity contribution in [2.45, 2.75) is 38.1 Å². The summed E-state index contributed by atoms with van der Waals surface area (Å²) in [7, 11) is 1.55. The van der Waals surface area contributed by atoms with Crippen molar-refractivity contribution < 1.29 is 9.13 Å². The number of fused-ring (bicyclic) bond motifs is 2. The maximum absolute atomic E-state index is 14.0. The highest BCUT2D eigenvalue weighted by Gasteiger charge is 2.40. The van der Waals surface area contributed by atoms with Gasteiger partial charge >= 0.3 is 0 Å². The summed E-state index contributed by atoms with van der Waals surface area (Å²) < 4.78 is 19.0. The Bertz CT molecular complexity index is 462. The van der Waals surface area contributed by atoms with Crippen molar-refractivity contribution in [1.29, 1.82) is 0 Å². The van der Waals surface area contributed by atoms with Crippen LogP contribution < -0.4 is 10.5 Å². The summed E-state index contributed by atoms with van der Waals surface area (Å²) in [4.78, 5) is 0. The van der Waals surface area contributed by atoms with E-state index in [-0.39, 0.29) is 11.9 Å². The molecule has 1 aromatic carbocycles. The van der Waals surface area contributed by atoms with Gasteiger partial charge in [-0.05, 0) is 49.5 Å². The molecule has 4 atom stereocenters. The zero-order valence-corrected chi connectivity index (χ0v) is 11.4. The Morgan fingerprint density at radius 2 is 2.21 bits per heavy atom. The van der Waals surface area contributed by atoms with E-state index >= 15 is 0 Å². The lowest BCUT2D eigenvalue weighted by atomic mass is 9.83. The average Bonchev–Trinajstić information content (AvgIpc) is 3.00. The highest BCUT2D eigenvalue weighted by Crippen LogP contribution is 2.50. The maximum atomic E-state index is 14.0. The van der Waals surface area contributed by atoms with Crippen molar-refractivity contribution >= 4 is 0 Å². The van der Waals surface area contributed by atoms with Crippen molar-refractivity contribution in [2.24, 2.45) is 23.5 Å². The van der Waals surface area contributed by atoms with Crippen LogP contribution in [0.4, 0.5) is 4.39 Å². The molecule has 0 saturated heterocycles. The molecular formula is C16H22FNO. The highest BCUT2D eigenvalue weighted by molar-refractivity contribution is 5.30. The van der Waals surface area contributed by atoms with E-state index < -0.39 is 0 Å². The van der Waals surface area contributed by atoms with E-state index in [4.69, 9.17) is 10.5 Å². The van der Waals surface area contributed by atoms with E-state index in [1.165, 1.54) is 31.7 Å². The first-order valence-corrected chi connectivity index (χ1v) is 7.26. The van der Waals surface area contributed by atoms with Crippen LogP contribution in [-0.4, -0.2) is 7.11 Å². The minimum atomic E-state index is -0.241. The van der Waals surface area contributed by atoms with Gasteiger partial charge in [-0.2, -0.15) is 0 Å². The van der Waals surface area contributed by atoms with Crippen LogP contribution in [0.15, 0.2) is 18.2 Å². The number of hydrogen-bond donors (Lipinski definition) is 1. The molecule has 0 aromatic heterocycles. The Hall–Kier alpha value is -1.09. The molecule has 4 unspecified atom stereocenters. The molecular weight excluding hydrogens is 241 g/mol. The molecule has 2 saturated carbocycles. The van der Waals surface area contributed by atoms with Gasteiger partial charge in [0.2, 0.25) is 0 Å². The van der Waals surface area contributed by atoms with Gasteiger partial charge in [0.1, 0.15) is 11.6 Å². The number of methoxy groups -OCH3 is 1. The summed E-state index contributed by atoms with van der Waals surface area (Å²) in [5.41, 5.74) is 6.85. The van der Waals surface area contributed by atoms with Gasteiger partial charge in [-0.25, -0.2) is 4.39 Å². The fraction of sp³-hybridized carbons (Fsp3) is 0.625. The molecule has 0 aliphatic heterocycles. The molecule has 3 heteroatoms. The minimum absolute atomic E-state index is 0.185. The van der Waals surface area contributed by atoms with Crippen LogP contribution in [-0.2, 0) is 0 Å². The summed E-state index contributed by atoms with van der Waals surface area (Å²) in [6.45, 7) is 0. The van der Waals surface area contributed by atoms with Crippen LogP contribution in [0.25, 0.3) is 0 Å². The molecule has 0 amide bonds. The van der Waals surface area contributed by atoms with Gasteiger partial charge in [0, 0.05) is 17.7 Å². The van der Waals surface area contributed by atoms with E-state index in [0.29, 0.717) is 17.2 Å². The van der Waals surface area contributed by atoms with Crippen molar-refractivity contribution in [1.82, 2.24) is 0 Å². The molecule has 2 nitrogen and oxygen atoms in total. The van der Waals surface area contributed by atoms with Crippen LogP contribution in [0.2, 0.25) is 0 Å². The molecule has 0 heterocycles. The van der Waals surface area contributed by atoms with Crippen molar-refractivity contribution in [2.75, 3.05) is 7.11 Å². The molecule has 3 rings (SSSR count).